The van der Waals surface area contributed by atoms with E-state index in [0.717, 1.165) is 34.7 Å². The minimum atomic E-state index is -0.217. The number of anilines is 2. The van der Waals surface area contributed by atoms with Gasteiger partial charge in [-0.2, -0.15) is 0 Å². The van der Waals surface area contributed by atoms with E-state index < -0.39 is 0 Å². The number of thioether (sulfide) groups is 1. The van der Waals surface area contributed by atoms with Gasteiger partial charge in [-0.25, -0.2) is 0 Å². The molecule has 1 N–H and O–H groups in total. The molecule has 2 amide bonds. The van der Waals surface area contributed by atoms with E-state index in [9.17, 15) is 9.59 Å². The highest BCUT2D eigenvalue weighted by Crippen LogP contribution is 2.38. The van der Waals surface area contributed by atoms with E-state index in [2.05, 4.69) is 5.32 Å². The first-order valence-electron chi connectivity index (χ1n) is 9.82. The van der Waals surface area contributed by atoms with Crippen molar-refractivity contribution in [3.8, 4) is 0 Å². The zero-order valence-electron chi connectivity index (χ0n) is 16.8. The topological polar surface area (TPSA) is 49.4 Å². The molecule has 1 aliphatic rings. The maximum atomic E-state index is 13.3. The summed E-state index contributed by atoms with van der Waals surface area (Å²) in [5.74, 6) is -0.376. The van der Waals surface area contributed by atoms with Crippen molar-refractivity contribution < 1.29 is 9.59 Å². The summed E-state index contributed by atoms with van der Waals surface area (Å²) >= 11 is 15.7. The molecule has 2 heterocycles. The molecule has 0 saturated heterocycles. The van der Waals surface area contributed by atoms with Crippen molar-refractivity contribution in [2.75, 3.05) is 23.0 Å². The van der Waals surface area contributed by atoms with Gasteiger partial charge in [-0.05, 0) is 61.9 Å². The lowest BCUT2D eigenvalue weighted by Crippen LogP contribution is -2.31. The Bertz CT molecular complexity index is 1150. The molecule has 0 radical (unpaired) electrons. The molecule has 3 aromatic rings. The van der Waals surface area contributed by atoms with Crippen LogP contribution >= 0.6 is 46.3 Å². The first-order valence-corrected chi connectivity index (χ1v) is 12.6. The highest BCUT2D eigenvalue weighted by molar-refractivity contribution is 7.98. The Kier molecular flexibility index (Phi) is 6.92. The average molecular weight is 491 g/mol. The second-order valence-electron chi connectivity index (χ2n) is 7.12. The number of amides is 2. The predicted molar refractivity (Wildman–Crippen MR) is 132 cm³/mol. The van der Waals surface area contributed by atoms with Gasteiger partial charge in [-0.1, -0.05) is 35.3 Å². The zero-order valence-corrected chi connectivity index (χ0v) is 19.9. The fourth-order valence-electron chi connectivity index (χ4n) is 3.62. The number of hydrogen-bond donors (Lipinski definition) is 1. The van der Waals surface area contributed by atoms with E-state index in [1.807, 2.05) is 30.5 Å². The number of halogens is 2. The SMILES string of the molecule is CSc1ccccc1C(=O)Nc1ccc(C(=O)N2CCCCc3sc(Cl)cc32)c(Cl)c1. The van der Waals surface area contributed by atoms with Crippen LogP contribution in [-0.4, -0.2) is 24.6 Å². The van der Waals surface area contributed by atoms with Gasteiger partial charge in [-0.15, -0.1) is 23.1 Å². The molecule has 0 bridgehead atoms. The lowest BCUT2D eigenvalue weighted by molar-refractivity contribution is 0.0986. The maximum Gasteiger partial charge on any atom is 0.259 e. The van der Waals surface area contributed by atoms with Gasteiger partial charge < -0.3 is 10.2 Å². The zero-order chi connectivity index (χ0) is 22.0. The molecule has 0 spiro atoms. The van der Waals surface area contributed by atoms with Crippen LogP contribution in [-0.2, 0) is 6.42 Å². The summed E-state index contributed by atoms with van der Waals surface area (Å²) in [6, 6.07) is 14.3. The van der Waals surface area contributed by atoms with Crippen molar-refractivity contribution in [3.05, 3.63) is 73.9 Å². The highest BCUT2D eigenvalue weighted by atomic mass is 35.5. The standard InChI is InChI=1S/C23H20Cl2N2O2S2/c1-30-19-7-3-2-6-16(19)22(28)26-14-9-10-15(17(24)12-14)23(29)27-11-5-4-8-20-18(27)13-21(25)31-20/h2-3,6-7,9-10,12-13H,4-5,8,11H2,1H3,(H,26,28). The summed E-state index contributed by atoms with van der Waals surface area (Å²) in [6.45, 7) is 0.624. The Morgan fingerprint density at radius 2 is 1.87 bits per heavy atom. The molecule has 2 aromatic carbocycles. The van der Waals surface area contributed by atoms with Crippen LogP contribution in [0.5, 0.6) is 0 Å². The van der Waals surface area contributed by atoms with Crippen molar-refractivity contribution in [2.24, 2.45) is 0 Å². The van der Waals surface area contributed by atoms with Crippen molar-refractivity contribution in [1.29, 1.82) is 0 Å². The molecule has 0 fully saturated rings. The lowest BCUT2D eigenvalue weighted by Gasteiger charge is -2.22. The van der Waals surface area contributed by atoms with E-state index in [4.69, 9.17) is 23.2 Å². The van der Waals surface area contributed by atoms with Gasteiger partial charge in [0.05, 0.1) is 26.2 Å². The first kappa shape index (κ1) is 22.2. The normalized spacial score (nSPS) is 13.5. The molecule has 0 atom stereocenters. The van der Waals surface area contributed by atoms with Crippen LogP contribution in [0.25, 0.3) is 0 Å². The number of rotatable bonds is 4. The van der Waals surface area contributed by atoms with Gasteiger partial charge in [0.1, 0.15) is 0 Å². The fraction of sp³-hybridized carbons (Fsp3) is 0.217. The van der Waals surface area contributed by atoms with E-state index >= 15 is 0 Å². The van der Waals surface area contributed by atoms with Gasteiger partial charge in [0.2, 0.25) is 0 Å². The Morgan fingerprint density at radius 3 is 2.65 bits per heavy atom. The molecular formula is C23H20Cl2N2O2S2. The quantitative estimate of drug-likeness (QED) is 0.400. The molecular weight excluding hydrogens is 471 g/mol. The number of thiophene rings is 1. The molecule has 1 aromatic heterocycles. The van der Waals surface area contributed by atoms with Crippen LogP contribution in [0.1, 0.15) is 38.4 Å². The number of benzene rings is 2. The van der Waals surface area contributed by atoms with Crippen LogP contribution in [0.15, 0.2) is 53.4 Å². The molecule has 0 saturated carbocycles. The van der Waals surface area contributed by atoms with Crippen LogP contribution in [0.4, 0.5) is 11.4 Å². The molecule has 4 nitrogen and oxygen atoms in total. The summed E-state index contributed by atoms with van der Waals surface area (Å²) < 4.78 is 0.680. The third kappa shape index (κ3) is 4.77. The second kappa shape index (κ2) is 9.65. The smallest absolute Gasteiger partial charge is 0.259 e. The molecule has 0 unspecified atom stereocenters. The Hall–Kier alpha value is -1.99. The summed E-state index contributed by atoms with van der Waals surface area (Å²) in [5, 5.41) is 3.17. The van der Waals surface area contributed by atoms with Gasteiger partial charge in [0, 0.05) is 22.0 Å². The Balaban J connectivity index is 1.56. The summed E-state index contributed by atoms with van der Waals surface area (Å²) in [5.41, 5.74) is 2.41. The monoisotopic (exact) mass is 490 g/mol. The predicted octanol–water partition coefficient (Wildman–Crippen LogP) is 7.01. The van der Waals surface area contributed by atoms with Crippen molar-refractivity contribution in [3.63, 3.8) is 0 Å². The van der Waals surface area contributed by atoms with Gasteiger partial charge in [-0.3, -0.25) is 9.59 Å². The van der Waals surface area contributed by atoms with Crippen LogP contribution < -0.4 is 10.2 Å². The van der Waals surface area contributed by atoms with Crippen LogP contribution in [0.2, 0.25) is 9.36 Å². The summed E-state index contributed by atoms with van der Waals surface area (Å²) in [6.07, 6.45) is 4.79. The number of nitrogens with one attached hydrogen (secondary N) is 1. The summed E-state index contributed by atoms with van der Waals surface area (Å²) in [4.78, 5) is 29.8. The maximum absolute atomic E-state index is 13.3. The van der Waals surface area contributed by atoms with E-state index in [1.165, 1.54) is 23.1 Å². The first-order chi connectivity index (χ1) is 15.0. The van der Waals surface area contributed by atoms with Gasteiger partial charge >= 0.3 is 0 Å². The van der Waals surface area contributed by atoms with Gasteiger partial charge in [0.15, 0.2) is 0 Å². The molecule has 31 heavy (non-hydrogen) atoms. The fourth-order valence-corrected chi connectivity index (χ4v) is 5.79. The number of carbonyl (C=O) groups excluding carboxylic acids is 2. The molecule has 0 aliphatic carbocycles. The van der Waals surface area contributed by atoms with E-state index in [1.54, 1.807) is 29.2 Å². The van der Waals surface area contributed by atoms with Crippen molar-refractivity contribution in [2.45, 2.75) is 24.2 Å². The Morgan fingerprint density at radius 1 is 1.06 bits per heavy atom. The minimum Gasteiger partial charge on any atom is -0.322 e. The lowest BCUT2D eigenvalue weighted by atomic mass is 10.1. The average Bonchev–Trinajstić information content (AvgIpc) is 3.02. The third-order valence-corrected chi connectivity index (χ3v) is 7.56. The Labute approximate surface area is 199 Å². The number of carbonyl (C=O) groups is 2. The molecule has 4 rings (SSSR count). The van der Waals surface area contributed by atoms with E-state index in [0.29, 0.717) is 32.7 Å². The number of nitrogens with zero attached hydrogens (tertiary/aromatic N) is 1. The number of fused-ring (bicyclic) bond motifs is 1. The van der Waals surface area contributed by atoms with Gasteiger partial charge in [0.25, 0.3) is 11.8 Å². The van der Waals surface area contributed by atoms with Crippen LogP contribution in [0, 0.1) is 0 Å². The minimum absolute atomic E-state index is 0.159. The number of hydrogen-bond acceptors (Lipinski definition) is 4. The van der Waals surface area contributed by atoms with Crippen molar-refractivity contribution >= 4 is 69.5 Å². The molecule has 160 valence electrons. The molecule has 8 heteroatoms. The summed E-state index contributed by atoms with van der Waals surface area (Å²) in [7, 11) is 0. The highest BCUT2D eigenvalue weighted by Gasteiger charge is 2.26. The second-order valence-corrected chi connectivity index (χ2v) is 10.1. The molecule has 1 aliphatic heterocycles. The number of aryl methyl sites for hydroxylation is 1. The largest absolute Gasteiger partial charge is 0.322 e. The van der Waals surface area contributed by atoms with Crippen LogP contribution in [0.3, 0.4) is 0 Å². The third-order valence-electron chi connectivity index (χ3n) is 5.14. The van der Waals surface area contributed by atoms with E-state index in [-0.39, 0.29) is 11.8 Å². The van der Waals surface area contributed by atoms with Crippen molar-refractivity contribution in [1.82, 2.24) is 0 Å².